The van der Waals surface area contributed by atoms with Crippen LogP contribution in [0.25, 0.3) is 11.1 Å². The van der Waals surface area contributed by atoms with Gasteiger partial charge in [-0.15, -0.1) is 0 Å². The molecule has 2 aromatic rings. The van der Waals surface area contributed by atoms with E-state index in [1.165, 1.54) is 18.4 Å². The Hall–Kier alpha value is -1.77. The zero-order chi connectivity index (χ0) is 14.3. The molecule has 3 nitrogen and oxygen atoms in total. The molecular weight excluding hydrogens is 248 g/mol. The van der Waals surface area contributed by atoms with Crippen molar-refractivity contribution in [3.05, 3.63) is 35.6 Å². The van der Waals surface area contributed by atoms with Gasteiger partial charge in [-0.25, -0.2) is 0 Å². The van der Waals surface area contributed by atoms with E-state index in [0.717, 1.165) is 22.8 Å². The molecule has 1 heterocycles. The molecule has 1 atom stereocenters. The summed E-state index contributed by atoms with van der Waals surface area (Å²) in [5, 5.41) is 3.98. The largest absolute Gasteiger partial charge is 0.380 e. The van der Waals surface area contributed by atoms with E-state index in [9.17, 15) is 0 Å². The minimum absolute atomic E-state index is 0.402. The third-order valence-electron chi connectivity index (χ3n) is 4.35. The van der Waals surface area contributed by atoms with Gasteiger partial charge in [0, 0.05) is 5.92 Å². The van der Waals surface area contributed by atoms with Crippen LogP contribution >= 0.6 is 0 Å². The summed E-state index contributed by atoms with van der Waals surface area (Å²) >= 11 is 0. The molecule has 3 heteroatoms. The molecule has 0 bridgehead atoms. The van der Waals surface area contributed by atoms with Gasteiger partial charge in [0.15, 0.2) is 5.82 Å². The Morgan fingerprint density at radius 2 is 1.80 bits per heavy atom. The fourth-order valence-corrected chi connectivity index (χ4v) is 2.76. The van der Waals surface area contributed by atoms with Crippen molar-refractivity contribution in [3.8, 4) is 11.1 Å². The van der Waals surface area contributed by atoms with Gasteiger partial charge in [0.1, 0.15) is 5.76 Å². The summed E-state index contributed by atoms with van der Waals surface area (Å²) in [5.41, 5.74) is 9.45. The first kappa shape index (κ1) is 13.2. The Morgan fingerprint density at radius 1 is 1.15 bits per heavy atom. The number of benzene rings is 1. The average Bonchev–Trinajstić information content (AvgIpc) is 3.21. The van der Waals surface area contributed by atoms with E-state index in [1.54, 1.807) is 0 Å². The normalized spacial score (nSPS) is 16.6. The molecule has 1 unspecified atom stereocenters. The van der Waals surface area contributed by atoms with Gasteiger partial charge < -0.3 is 10.3 Å². The van der Waals surface area contributed by atoms with Gasteiger partial charge in [0.05, 0.1) is 5.56 Å². The molecule has 0 spiro atoms. The van der Waals surface area contributed by atoms with Crippen LogP contribution in [0.1, 0.15) is 56.8 Å². The zero-order valence-corrected chi connectivity index (χ0v) is 12.4. The van der Waals surface area contributed by atoms with E-state index < -0.39 is 0 Å². The number of rotatable bonds is 4. The lowest BCUT2D eigenvalue weighted by Gasteiger charge is -2.10. The Morgan fingerprint density at radius 3 is 2.35 bits per heavy atom. The number of hydrogen-bond donors (Lipinski definition) is 1. The average molecular weight is 270 g/mol. The van der Waals surface area contributed by atoms with E-state index in [0.29, 0.717) is 17.7 Å². The van der Waals surface area contributed by atoms with Crippen LogP contribution in [-0.4, -0.2) is 5.16 Å². The molecule has 0 aliphatic heterocycles. The number of anilines is 1. The number of hydrogen-bond acceptors (Lipinski definition) is 3. The van der Waals surface area contributed by atoms with Crippen LogP contribution in [0.2, 0.25) is 0 Å². The molecule has 0 amide bonds. The molecule has 2 N–H and O–H groups in total. The Balaban J connectivity index is 1.98. The monoisotopic (exact) mass is 270 g/mol. The molecule has 20 heavy (non-hydrogen) atoms. The zero-order valence-electron chi connectivity index (χ0n) is 12.4. The molecule has 1 aromatic heterocycles. The maximum atomic E-state index is 6.02. The summed E-state index contributed by atoms with van der Waals surface area (Å²) in [6.45, 7) is 6.61. The van der Waals surface area contributed by atoms with Crippen molar-refractivity contribution >= 4 is 5.82 Å². The lowest BCUT2D eigenvalue weighted by atomic mass is 9.94. The van der Waals surface area contributed by atoms with E-state index in [-0.39, 0.29) is 0 Å². The van der Waals surface area contributed by atoms with Crippen LogP contribution in [-0.2, 0) is 0 Å². The lowest BCUT2D eigenvalue weighted by molar-refractivity contribution is 0.358. The fraction of sp³-hybridized carbons (Fsp3) is 0.471. The first-order valence-corrected chi connectivity index (χ1v) is 7.43. The second-order valence-corrected chi connectivity index (χ2v) is 6.21. The highest BCUT2D eigenvalue weighted by atomic mass is 16.5. The van der Waals surface area contributed by atoms with Gasteiger partial charge in [-0.05, 0) is 35.8 Å². The van der Waals surface area contributed by atoms with E-state index in [4.69, 9.17) is 10.3 Å². The molecule has 1 aromatic carbocycles. The summed E-state index contributed by atoms with van der Waals surface area (Å²) in [7, 11) is 0. The van der Waals surface area contributed by atoms with E-state index >= 15 is 0 Å². The number of aromatic nitrogens is 1. The minimum atomic E-state index is 0.402. The number of nitrogens with zero attached hydrogens (tertiary/aromatic N) is 1. The molecule has 0 radical (unpaired) electrons. The molecule has 0 saturated heterocycles. The SMILES string of the molecule is CC(C)c1ccc(-c2c(N)noc2C(C)C2CC2)cc1. The summed E-state index contributed by atoms with van der Waals surface area (Å²) in [6, 6.07) is 8.58. The standard InChI is InChI=1S/C17H22N2O/c1-10(2)12-4-8-14(9-5-12)15-16(20-19-17(15)18)11(3)13-6-7-13/h4-5,8-11,13H,6-7H2,1-3H3,(H2,18,19). The smallest absolute Gasteiger partial charge is 0.175 e. The highest BCUT2D eigenvalue weighted by Crippen LogP contribution is 2.46. The van der Waals surface area contributed by atoms with Gasteiger partial charge in [0.2, 0.25) is 0 Å². The summed E-state index contributed by atoms with van der Waals surface area (Å²) in [5.74, 6) is 3.12. The van der Waals surface area contributed by atoms with Crippen molar-refractivity contribution in [2.24, 2.45) is 5.92 Å². The first-order valence-electron chi connectivity index (χ1n) is 7.43. The molecular formula is C17H22N2O. The second kappa shape index (κ2) is 4.97. The maximum Gasteiger partial charge on any atom is 0.175 e. The predicted octanol–water partition coefficient (Wildman–Crippen LogP) is 4.56. The van der Waals surface area contributed by atoms with Gasteiger partial charge in [0.25, 0.3) is 0 Å². The van der Waals surface area contributed by atoms with E-state index in [1.807, 2.05) is 0 Å². The first-order chi connectivity index (χ1) is 9.58. The van der Waals surface area contributed by atoms with Crippen LogP contribution < -0.4 is 5.73 Å². The molecule has 106 valence electrons. The summed E-state index contributed by atoms with van der Waals surface area (Å²) < 4.78 is 5.52. The van der Waals surface area contributed by atoms with Gasteiger partial charge in [-0.3, -0.25) is 0 Å². The van der Waals surface area contributed by atoms with Crippen LogP contribution in [0.3, 0.4) is 0 Å². The van der Waals surface area contributed by atoms with Gasteiger partial charge in [-0.1, -0.05) is 50.2 Å². The van der Waals surface area contributed by atoms with Crippen LogP contribution in [0.4, 0.5) is 5.82 Å². The molecule has 1 saturated carbocycles. The van der Waals surface area contributed by atoms with Crippen LogP contribution in [0.15, 0.2) is 28.8 Å². The molecule has 1 aliphatic rings. The maximum absolute atomic E-state index is 6.02. The Kier molecular flexibility index (Phi) is 3.28. The Labute approximate surface area is 120 Å². The molecule has 1 fully saturated rings. The van der Waals surface area contributed by atoms with Crippen molar-refractivity contribution < 1.29 is 4.52 Å². The predicted molar refractivity (Wildman–Crippen MR) is 81.6 cm³/mol. The minimum Gasteiger partial charge on any atom is -0.380 e. The topological polar surface area (TPSA) is 52.0 Å². The highest BCUT2D eigenvalue weighted by Gasteiger charge is 2.34. The lowest BCUT2D eigenvalue weighted by Crippen LogP contribution is -1.97. The molecule has 3 rings (SSSR count). The van der Waals surface area contributed by atoms with Crippen molar-refractivity contribution in [1.82, 2.24) is 5.16 Å². The Bertz CT molecular complexity index is 594. The van der Waals surface area contributed by atoms with E-state index in [2.05, 4.69) is 50.2 Å². The quantitative estimate of drug-likeness (QED) is 0.886. The third-order valence-corrected chi connectivity index (χ3v) is 4.35. The highest BCUT2D eigenvalue weighted by molar-refractivity contribution is 5.76. The van der Waals surface area contributed by atoms with Crippen molar-refractivity contribution in [2.75, 3.05) is 5.73 Å². The van der Waals surface area contributed by atoms with Crippen molar-refractivity contribution in [3.63, 3.8) is 0 Å². The molecule has 1 aliphatic carbocycles. The van der Waals surface area contributed by atoms with Crippen molar-refractivity contribution in [1.29, 1.82) is 0 Å². The fourth-order valence-electron chi connectivity index (χ4n) is 2.76. The van der Waals surface area contributed by atoms with Crippen LogP contribution in [0, 0.1) is 5.92 Å². The number of nitrogen functional groups attached to an aromatic ring is 1. The second-order valence-electron chi connectivity index (χ2n) is 6.21. The third kappa shape index (κ3) is 2.33. The summed E-state index contributed by atoms with van der Waals surface area (Å²) in [4.78, 5) is 0. The number of nitrogens with two attached hydrogens (primary N) is 1. The van der Waals surface area contributed by atoms with Crippen LogP contribution in [0.5, 0.6) is 0 Å². The van der Waals surface area contributed by atoms with Crippen molar-refractivity contribution in [2.45, 2.75) is 45.4 Å². The summed E-state index contributed by atoms with van der Waals surface area (Å²) in [6.07, 6.45) is 2.57. The van der Waals surface area contributed by atoms with Gasteiger partial charge in [-0.2, -0.15) is 0 Å². The van der Waals surface area contributed by atoms with Gasteiger partial charge >= 0.3 is 0 Å².